The minimum absolute atomic E-state index is 0.0144. The Hall–Kier alpha value is -3.66. The maximum Gasteiger partial charge on any atom is 0.253 e. The second-order valence-electron chi connectivity index (χ2n) is 7.87. The summed E-state index contributed by atoms with van der Waals surface area (Å²) in [5.74, 6) is -0.777. The van der Waals surface area contributed by atoms with Gasteiger partial charge in [0.1, 0.15) is 17.8 Å². The Morgan fingerprint density at radius 1 is 0.939 bits per heavy atom. The summed E-state index contributed by atoms with van der Waals surface area (Å²) in [6.45, 7) is -0.398. The van der Waals surface area contributed by atoms with Crippen molar-refractivity contribution in [2.24, 2.45) is 0 Å². The minimum atomic E-state index is -1.67. The third-order valence-corrected chi connectivity index (χ3v) is 5.57. The Balaban J connectivity index is 1.29. The average molecular weight is 448 g/mol. The molecule has 1 aromatic heterocycles. The minimum Gasteiger partial charge on any atom is -0.387 e. The molecular weight excluding hydrogens is 424 g/mol. The van der Waals surface area contributed by atoms with Crippen LogP contribution < -0.4 is 10.6 Å². The molecule has 2 amide bonds. The predicted molar refractivity (Wildman–Crippen MR) is 119 cm³/mol. The summed E-state index contributed by atoms with van der Waals surface area (Å²) < 4.78 is 5.48. The summed E-state index contributed by atoms with van der Waals surface area (Å²) in [5.41, 5.74) is 1.11. The Morgan fingerprint density at radius 2 is 1.64 bits per heavy atom. The number of nitrogens with zero attached hydrogens (tertiary/aromatic N) is 2. The number of carbonyl (C=O) groups is 2. The molecule has 170 valence electrons. The van der Waals surface area contributed by atoms with Crippen LogP contribution in [0.15, 0.2) is 73.1 Å². The van der Waals surface area contributed by atoms with E-state index in [0.717, 1.165) is 11.1 Å². The highest BCUT2D eigenvalue weighted by Gasteiger charge is 2.48. The fourth-order valence-electron chi connectivity index (χ4n) is 3.60. The van der Waals surface area contributed by atoms with Crippen molar-refractivity contribution >= 4 is 11.8 Å². The van der Waals surface area contributed by atoms with E-state index in [1.165, 1.54) is 18.5 Å². The molecule has 33 heavy (non-hydrogen) atoms. The van der Waals surface area contributed by atoms with Crippen molar-refractivity contribution in [3.8, 4) is 11.1 Å². The van der Waals surface area contributed by atoms with Crippen LogP contribution in [0, 0.1) is 0 Å². The number of carbonyl (C=O) groups excluding carboxylic acids is 2. The molecule has 2 heterocycles. The second-order valence-corrected chi connectivity index (χ2v) is 7.87. The van der Waals surface area contributed by atoms with Crippen LogP contribution in [0.4, 0.5) is 0 Å². The molecule has 0 bridgehead atoms. The van der Waals surface area contributed by atoms with Gasteiger partial charge < -0.3 is 25.6 Å². The molecule has 3 aromatic rings. The zero-order valence-corrected chi connectivity index (χ0v) is 17.7. The van der Waals surface area contributed by atoms with Crippen LogP contribution in [0.25, 0.3) is 11.1 Å². The topological polar surface area (TPSA) is 134 Å². The van der Waals surface area contributed by atoms with E-state index < -0.39 is 23.7 Å². The van der Waals surface area contributed by atoms with Gasteiger partial charge in [0.15, 0.2) is 0 Å². The highest BCUT2D eigenvalue weighted by atomic mass is 16.5. The van der Waals surface area contributed by atoms with E-state index >= 15 is 0 Å². The van der Waals surface area contributed by atoms with E-state index in [4.69, 9.17) is 4.74 Å². The second kappa shape index (κ2) is 9.86. The van der Waals surface area contributed by atoms with Crippen LogP contribution in [0.2, 0.25) is 0 Å². The molecule has 4 N–H and O–H groups in total. The molecule has 1 aliphatic rings. The number of amides is 2. The molecule has 1 fully saturated rings. The number of rotatable bonds is 7. The summed E-state index contributed by atoms with van der Waals surface area (Å²) in [5, 5.41) is 33.8. The summed E-state index contributed by atoms with van der Waals surface area (Å²) in [7, 11) is 0. The van der Waals surface area contributed by atoms with Gasteiger partial charge in [-0.05, 0) is 29.3 Å². The number of aliphatic hydroxyl groups is 2. The molecule has 9 heteroatoms. The Kier molecular flexibility index (Phi) is 6.74. The summed E-state index contributed by atoms with van der Waals surface area (Å²) in [4.78, 5) is 24.7. The van der Waals surface area contributed by atoms with Gasteiger partial charge in [0.25, 0.3) is 11.8 Å². The van der Waals surface area contributed by atoms with E-state index in [1.54, 1.807) is 12.1 Å². The van der Waals surface area contributed by atoms with Crippen LogP contribution in [-0.4, -0.2) is 69.7 Å². The van der Waals surface area contributed by atoms with Gasteiger partial charge in [-0.2, -0.15) is 10.2 Å². The number of nitrogens with one attached hydrogen (secondary N) is 2. The van der Waals surface area contributed by atoms with Crippen LogP contribution in [0.1, 0.15) is 20.7 Å². The predicted octanol–water partition coefficient (Wildman–Crippen LogP) is 0.794. The summed E-state index contributed by atoms with van der Waals surface area (Å²) >= 11 is 0. The molecule has 0 unspecified atom stereocenters. The molecular formula is C24H24N4O5. The monoisotopic (exact) mass is 448 g/mol. The largest absolute Gasteiger partial charge is 0.387 e. The molecule has 0 saturated carbocycles. The first kappa shape index (κ1) is 22.5. The van der Waals surface area contributed by atoms with Gasteiger partial charge in [0.05, 0.1) is 31.1 Å². The first-order valence-electron chi connectivity index (χ1n) is 10.5. The number of benzene rings is 2. The smallest absolute Gasteiger partial charge is 0.253 e. The molecule has 4 rings (SSSR count). The average Bonchev–Trinajstić information content (AvgIpc) is 3.16. The lowest BCUT2D eigenvalue weighted by Crippen LogP contribution is -2.53. The first-order valence-corrected chi connectivity index (χ1v) is 10.5. The molecule has 9 nitrogen and oxygen atoms in total. The molecule has 3 atom stereocenters. The lowest BCUT2D eigenvalue weighted by atomic mass is 9.96. The Morgan fingerprint density at radius 3 is 2.33 bits per heavy atom. The lowest BCUT2D eigenvalue weighted by Gasteiger charge is -2.26. The van der Waals surface area contributed by atoms with Crippen molar-refractivity contribution in [3.63, 3.8) is 0 Å². The van der Waals surface area contributed by atoms with Gasteiger partial charge in [-0.15, -0.1) is 0 Å². The fraction of sp³-hybridized carbons (Fsp3) is 0.250. The molecule has 1 aliphatic heterocycles. The molecule has 2 aromatic carbocycles. The molecule has 0 radical (unpaired) electrons. The molecule has 0 spiro atoms. The maximum atomic E-state index is 12.5. The number of hydrogen-bond donors (Lipinski definition) is 4. The summed E-state index contributed by atoms with van der Waals surface area (Å²) in [6.07, 6.45) is 0.594. The number of hydrogen-bond acceptors (Lipinski definition) is 7. The highest BCUT2D eigenvalue weighted by molar-refractivity contribution is 5.95. The molecule has 0 aliphatic carbocycles. The van der Waals surface area contributed by atoms with Crippen molar-refractivity contribution in [1.29, 1.82) is 0 Å². The van der Waals surface area contributed by atoms with Crippen LogP contribution >= 0.6 is 0 Å². The number of ether oxygens (including phenoxy) is 1. The zero-order valence-electron chi connectivity index (χ0n) is 17.7. The highest BCUT2D eigenvalue weighted by Crippen LogP contribution is 2.25. The van der Waals surface area contributed by atoms with Gasteiger partial charge in [0.2, 0.25) is 0 Å². The number of aliphatic hydroxyl groups excluding tert-OH is 1. The van der Waals surface area contributed by atoms with E-state index in [1.807, 2.05) is 42.5 Å². The normalized spacial score (nSPS) is 22.0. The van der Waals surface area contributed by atoms with Crippen molar-refractivity contribution < 1.29 is 24.5 Å². The van der Waals surface area contributed by atoms with Gasteiger partial charge in [-0.25, -0.2) is 0 Å². The molecule has 1 saturated heterocycles. The fourth-order valence-corrected chi connectivity index (χ4v) is 3.60. The van der Waals surface area contributed by atoms with Gasteiger partial charge in [-0.3, -0.25) is 9.59 Å². The Bertz CT molecular complexity index is 1090. The number of aromatic nitrogens is 2. The van der Waals surface area contributed by atoms with Gasteiger partial charge in [-0.1, -0.05) is 42.5 Å². The standard InChI is InChI=1S/C24H24N4O5/c29-21-20(13-25-23(31)19-10-11-27-28-12-19)33-15-24(21,32)14-26-22(30)18-8-6-17(7-9-18)16-4-2-1-3-5-16/h1-12,20-21,29,32H,13-15H2,(H,25,31)(H,26,30)/t20-,21-,24+/m1/s1. The van der Waals surface area contributed by atoms with E-state index in [-0.39, 0.29) is 25.6 Å². The van der Waals surface area contributed by atoms with Crippen molar-refractivity contribution in [3.05, 3.63) is 84.2 Å². The lowest BCUT2D eigenvalue weighted by molar-refractivity contribution is -0.0464. The van der Waals surface area contributed by atoms with Crippen molar-refractivity contribution in [2.75, 3.05) is 19.7 Å². The SMILES string of the molecule is O=C(NC[C@H]1OC[C@@](O)(CNC(=O)c2ccc(-c3ccccc3)cc2)[C@@H]1O)c1ccnnc1. The van der Waals surface area contributed by atoms with Crippen LogP contribution in [0.5, 0.6) is 0 Å². The zero-order chi connectivity index (χ0) is 23.3. The Labute approximate surface area is 190 Å². The quantitative estimate of drug-likeness (QED) is 0.420. The van der Waals surface area contributed by atoms with E-state index in [2.05, 4.69) is 20.8 Å². The van der Waals surface area contributed by atoms with E-state index in [9.17, 15) is 19.8 Å². The first-order chi connectivity index (χ1) is 16.0. The third kappa shape index (κ3) is 5.23. The van der Waals surface area contributed by atoms with E-state index in [0.29, 0.717) is 11.1 Å². The van der Waals surface area contributed by atoms with Crippen molar-refractivity contribution in [1.82, 2.24) is 20.8 Å². The maximum absolute atomic E-state index is 12.5. The van der Waals surface area contributed by atoms with Gasteiger partial charge >= 0.3 is 0 Å². The van der Waals surface area contributed by atoms with Crippen LogP contribution in [0.3, 0.4) is 0 Å². The summed E-state index contributed by atoms with van der Waals surface area (Å²) in [6, 6.07) is 18.4. The van der Waals surface area contributed by atoms with Crippen molar-refractivity contribution in [2.45, 2.75) is 17.8 Å². The van der Waals surface area contributed by atoms with Crippen LogP contribution in [-0.2, 0) is 4.74 Å². The van der Waals surface area contributed by atoms with Gasteiger partial charge in [0, 0.05) is 12.1 Å². The third-order valence-electron chi connectivity index (χ3n) is 5.57.